The van der Waals surface area contributed by atoms with Gasteiger partial charge in [-0.1, -0.05) is 0 Å². The van der Waals surface area contributed by atoms with Crippen molar-refractivity contribution in [3.63, 3.8) is 0 Å². The van der Waals surface area contributed by atoms with E-state index < -0.39 is 0 Å². The molecule has 2 heterocycles. The fourth-order valence-electron chi connectivity index (χ4n) is 2.14. The van der Waals surface area contributed by atoms with Crippen molar-refractivity contribution in [1.82, 2.24) is 14.5 Å². The molecule has 0 aliphatic rings. The Morgan fingerprint density at radius 3 is 2.30 bits per heavy atom. The monoisotopic (exact) mass is 269 g/mol. The van der Waals surface area contributed by atoms with E-state index in [0.29, 0.717) is 5.69 Å². The molecule has 1 aromatic carbocycles. The molecule has 1 N–H and O–H groups in total. The summed E-state index contributed by atoms with van der Waals surface area (Å²) in [6.45, 7) is 0. The lowest BCUT2D eigenvalue weighted by Gasteiger charge is -2.06. The van der Waals surface area contributed by atoms with Crippen LogP contribution in [0, 0.1) is 5.82 Å². The van der Waals surface area contributed by atoms with Crippen LogP contribution in [0.1, 0.15) is 0 Å². The molecule has 0 unspecified atom stereocenters. The second-order valence-corrected chi connectivity index (χ2v) is 4.41. The number of hydrogen-bond acceptors (Lipinski definition) is 3. The first kappa shape index (κ1) is 12.3. The zero-order valence-electron chi connectivity index (χ0n) is 10.8. The van der Waals surface area contributed by atoms with Gasteiger partial charge in [-0.3, -0.25) is 9.55 Å². The Labute approximate surface area is 115 Å². The van der Waals surface area contributed by atoms with Crippen LogP contribution >= 0.6 is 0 Å². The molecular formula is C15H12FN3O. The lowest BCUT2D eigenvalue weighted by atomic mass is 10.1. The van der Waals surface area contributed by atoms with Crippen molar-refractivity contribution in [1.29, 1.82) is 0 Å². The summed E-state index contributed by atoms with van der Waals surface area (Å²) in [5, 5.41) is 9.86. The second kappa shape index (κ2) is 4.77. The van der Waals surface area contributed by atoms with E-state index in [0.717, 1.165) is 16.8 Å². The summed E-state index contributed by atoms with van der Waals surface area (Å²) in [6.07, 6.45) is 3.35. The summed E-state index contributed by atoms with van der Waals surface area (Å²) in [6, 6.07) is 9.61. The Morgan fingerprint density at radius 1 is 1.00 bits per heavy atom. The van der Waals surface area contributed by atoms with Gasteiger partial charge in [0.05, 0.1) is 5.69 Å². The molecule has 0 fully saturated rings. The van der Waals surface area contributed by atoms with Crippen LogP contribution in [0.3, 0.4) is 0 Å². The highest BCUT2D eigenvalue weighted by Crippen LogP contribution is 2.33. The molecule has 4 nitrogen and oxygen atoms in total. The molecule has 0 amide bonds. The number of nitrogens with zero attached hydrogens (tertiary/aromatic N) is 3. The molecule has 100 valence electrons. The van der Waals surface area contributed by atoms with Crippen molar-refractivity contribution in [2.24, 2.45) is 7.05 Å². The number of halogens is 1. The molecule has 0 saturated heterocycles. The average Bonchev–Trinajstić information content (AvgIpc) is 2.77. The summed E-state index contributed by atoms with van der Waals surface area (Å²) in [4.78, 5) is 8.14. The number of benzene rings is 1. The maximum absolute atomic E-state index is 13.0. The Balaban J connectivity index is 2.22. The zero-order chi connectivity index (χ0) is 14.1. The van der Waals surface area contributed by atoms with Crippen LogP contribution in [0.5, 0.6) is 6.01 Å². The van der Waals surface area contributed by atoms with Crippen LogP contribution < -0.4 is 0 Å². The largest absolute Gasteiger partial charge is 0.480 e. The Hall–Kier alpha value is -2.69. The van der Waals surface area contributed by atoms with Gasteiger partial charge < -0.3 is 5.11 Å². The number of pyridine rings is 1. The highest BCUT2D eigenvalue weighted by atomic mass is 19.1. The predicted molar refractivity (Wildman–Crippen MR) is 73.5 cm³/mol. The molecule has 20 heavy (non-hydrogen) atoms. The summed E-state index contributed by atoms with van der Waals surface area (Å²) < 4.78 is 14.6. The summed E-state index contributed by atoms with van der Waals surface area (Å²) in [5.41, 5.74) is 3.00. The molecular weight excluding hydrogens is 257 g/mol. The normalized spacial score (nSPS) is 10.7. The van der Waals surface area contributed by atoms with Gasteiger partial charge in [-0.2, -0.15) is 4.98 Å². The number of aromatic nitrogens is 3. The molecule has 5 heteroatoms. The SMILES string of the molecule is Cn1c(O)nc(-c2ccc(F)cc2)c1-c1ccncc1. The Bertz CT molecular complexity index is 736. The van der Waals surface area contributed by atoms with Gasteiger partial charge in [0, 0.05) is 30.6 Å². The first-order valence-electron chi connectivity index (χ1n) is 6.09. The number of imidazole rings is 1. The molecule has 0 atom stereocenters. The lowest BCUT2D eigenvalue weighted by Crippen LogP contribution is -1.92. The van der Waals surface area contributed by atoms with Gasteiger partial charge in [0.15, 0.2) is 0 Å². The minimum absolute atomic E-state index is 0.0869. The van der Waals surface area contributed by atoms with Gasteiger partial charge in [0.25, 0.3) is 6.01 Å². The van der Waals surface area contributed by atoms with Crippen LogP contribution in [0.2, 0.25) is 0 Å². The van der Waals surface area contributed by atoms with Crippen LogP contribution in [-0.4, -0.2) is 19.6 Å². The fourth-order valence-corrected chi connectivity index (χ4v) is 2.14. The first-order chi connectivity index (χ1) is 9.66. The summed E-state index contributed by atoms with van der Waals surface area (Å²) >= 11 is 0. The van der Waals surface area contributed by atoms with Crippen molar-refractivity contribution >= 4 is 0 Å². The van der Waals surface area contributed by atoms with Crippen molar-refractivity contribution in [3.8, 4) is 28.5 Å². The van der Waals surface area contributed by atoms with Gasteiger partial charge in [0.2, 0.25) is 0 Å². The van der Waals surface area contributed by atoms with E-state index in [-0.39, 0.29) is 11.8 Å². The first-order valence-corrected chi connectivity index (χ1v) is 6.09. The van der Waals surface area contributed by atoms with Crippen LogP contribution in [0.25, 0.3) is 22.5 Å². The van der Waals surface area contributed by atoms with Gasteiger partial charge in [0.1, 0.15) is 11.5 Å². The van der Waals surface area contributed by atoms with Crippen molar-refractivity contribution in [3.05, 3.63) is 54.6 Å². The smallest absolute Gasteiger partial charge is 0.294 e. The minimum Gasteiger partial charge on any atom is -0.480 e. The molecule has 0 aliphatic carbocycles. The highest BCUT2D eigenvalue weighted by molar-refractivity contribution is 5.79. The van der Waals surface area contributed by atoms with E-state index in [9.17, 15) is 9.50 Å². The van der Waals surface area contributed by atoms with Gasteiger partial charge in [-0.15, -0.1) is 0 Å². The fraction of sp³-hybridized carbons (Fsp3) is 0.0667. The van der Waals surface area contributed by atoms with Crippen molar-refractivity contribution in [2.75, 3.05) is 0 Å². The second-order valence-electron chi connectivity index (χ2n) is 4.41. The molecule has 0 saturated carbocycles. The molecule has 0 aliphatic heterocycles. The van der Waals surface area contributed by atoms with E-state index in [1.54, 1.807) is 36.1 Å². The van der Waals surface area contributed by atoms with E-state index in [1.165, 1.54) is 12.1 Å². The molecule has 0 spiro atoms. The molecule has 0 radical (unpaired) electrons. The maximum Gasteiger partial charge on any atom is 0.294 e. The third-order valence-corrected chi connectivity index (χ3v) is 3.14. The quantitative estimate of drug-likeness (QED) is 0.778. The Kier molecular flexibility index (Phi) is 2.95. The van der Waals surface area contributed by atoms with Crippen molar-refractivity contribution in [2.45, 2.75) is 0 Å². The number of hydrogen-bond donors (Lipinski definition) is 1. The maximum atomic E-state index is 13.0. The topological polar surface area (TPSA) is 50.9 Å². The van der Waals surface area contributed by atoms with Crippen LogP contribution in [-0.2, 0) is 7.05 Å². The third-order valence-electron chi connectivity index (χ3n) is 3.14. The van der Waals surface area contributed by atoms with Gasteiger partial charge in [-0.05, 0) is 36.4 Å². The molecule has 2 aromatic heterocycles. The molecule has 3 aromatic rings. The zero-order valence-corrected chi connectivity index (χ0v) is 10.8. The predicted octanol–water partition coefficient (Wildman–Crippen LogP) is 2.99. The van der Waals surface area contributed by atoms with E-state index in [1.807, 2.05) is 12.1 Å². The minimum atomic E-state index is -0.306. The van der Waals surface area contributed by atoms with Crippen LogP contribution in [0.15, 0.2) is 48.8 Å². The van der Waals surface area contributed by atoms with Crippen molar-refractivity contribution < 1.29 is 9.50 Å². The number of aromatic hydroxyl groups is 1. The van der Waals surface area contributed by atoms with E-state index in [2.05, 4.69) is 9.97 Å². The average molecular weight is 269 g/mol. The molecule has 3 rings (SSSR count). The summed E-state index contributed by atoms with van der Waals surface area (Å²) in [7, 11) is 1.73. The van der Waals surface area contributed by atoms with E-state index >= 15 is 0 Å². The van der Waals surface area contributed by atoms with Crippen LogP contribution in [0.4, 0.5) is 4.39 Å². The highest BCUT2D eigenvalue weighted by Gasteiger charge is 2.17. The van der Waals surface area contributed by atoms with Gasteiger partial charge in [-0.25, -0.2) is 4.39 Å². The Morgan fingerprint density at radius 2 is 1.65 bits per heavy atom. The lowest BCUT2D eigenvalue weighted by molar-refractivity contribution is 0.413. The molecule has 0 bridgehead atoms. The van der Waals surface area contributed by atoms with E-state index in [4.69, 9.17) is 0 Å². The number of rotatable bonds is 2. The summed E-state index contributed by atoms with van der Waals surface area (Å²) in [5.74, 6) is -0.306. The third kappa shape index (κ3) is 2.03. The standard InChI is InChI=1S/C15H12FN3O/c1-19-14(11-6-8-17-9-7-11)13(18-15(19)20)10-2-4-12(16)5-3-10/h2-9H,1H3,(H,18,20). The van der Waals surface area contributed by atoms with Gasteiger partial charge >= 0.3 is 0 Å².